The molecule has 0 aromatic carbocycles. The number of hydrogen-bond acceptors (Lipinski definition) is 3. The van der Waals surface area contributed by atoms with E-state index in [1.54, 1.807) is 6.20 Å². The standard InChI is InChI=1S/C15H24N4O/c1-12(14-8-4-5-9-16-14)17-15(20)19-10-6-7-13(11-19)18(2)3/h4-5,8-9,12-13H,6-7,10-11H2,1-3H3,(H,17,20)/t12-,13+/m0/s1. The number of carbonyl (C=O) groups excluding carboxylic acids is 1. The van der Waals surface area contributed by atoms with Crippen LogP contribution in [0.2, 0.25) is 0 Å². The van der Waals surface area contributed by atoms with Crippen LogP contribution in [0.25, 0.3) is 0 Å². The second-order valence-electron chi connectivity index (χ2n) is 5.63. The van der Waals surface area contributed by atoms with Crippen LogP contribution in [0.1, 0.15) is 31.5 Å². The maximum Gasteiger partial charge on any atom is 0.317 e. The summed E-state index contributed by atoms with van der Waals surface area (Å²) in [5.74, 6) is 0. The van der Waals surface area contributed by atoms with Crippen LogP contribution in [0.4, 0.5) is 4.79 Å². The molecule has 0 aliphatic carbocycles. The van der Waals surface area contributed by atoms with Gasteiger partial charge in [-0.15, -0.1) is 0 Å². The molecule has 1 aromatic rings. The van der Waals surface area contributed by atoms with Gasteiger partial charge in [0.2, 0.25) is 0 Å². The Labute approximate surface area is 121 Å². The third-order valence-electron chi connectivity index (χ3n) is 3.89. The molecule has 2 rings (SSSR count). The summed E-state index contributed by atoms with van der Waals surface area (Å²) in [6.45, 7) is 3.60. The van der Waals surface area contributed by atoms with Gasteiger partial charge in [0, 0.05) is 25.3 Å². The monoisotopic (exact) mass is 276 g/mol. The van der Waals surface area contributed by atoms with Crippen molar-refractivity contribution in [3.05, 3.63) is 30.1 Å². The molecule has 0 radical (unpaired) electrons. The van der Waals surface area contributed by atoms with Crippen molar-refractivity contribution in [1.29, 1.82) is 0 Å². The predicted molar refractivity (Wildman–Crippen MR) is 79.5 cm³/mol. The van der Waals surface area contributed by atoms with Crippen LogP contribution in [0.5, 0.6) is 0 Å². The van der Waals surface area contributed by atoms with Gasteiger partial charge in [-0.1, -0.05) is 6.07 Å². The zero-order valence-corrected chi connectivity index (χ0v) is 12.5. The van der Waals surface area contributed by atoms with Gasteiger partial charge < -0.3 is 15.1 Å². The fourth-order valence-corrected chi connectivity index (χ4v) is 2.54. The molecule has 1 aliphatic heterocycles. The van der Waals surface area contributed by atoms with Gasteiger partial charge in [-0.2, -0.15) is 0 Å². The highest BCUT2D eigenvalue weighted by molar-refractivity contribution is 5.74. The van der Waals surface area contributed by atoms with Crippen molar-refractivity contribution >= 4 is 6.03 Å². The molecule has 2 amide bonds. The van der Waals surface area contributed by atoms with E-state index < -0.39 is 0 Å². The summed E-state index contributed by atoms with van der Waals surface area (Å²) in [4.78, 5) is 20.7. The SMILES string of the molecule is C[C@H](NC(=O)N1CCC[C@@H](N(C)C)C1)c1ccccn1. The van der Waals surface area contributed by atoms with Gasteiger partial charge in [0.25, 0.3) is 0 Å². The van der Waals surface area contributed by atoms with Crippen LogP contribution in [0.15, 0.2) is 24.4 Å². The van der Waals surface area contributed by atoms with Crippen LogP contribution >= 0.6 is 0 Å². The fourth-order valence-electron chi connectivity index (χ4n) is 2.54. The zero-order chi connectivity index (χ0) is 14.5. The van der Waals surface area contributed by atoms with E-state index in [1.165, 1.54) is 0 Å². The Hall–Kier alpha value is -1.62. The number of hydrogen-bond donors (Lipinski definition) is 1. The Bertz CT molecular complexity index is 435. The molecule has 1 N–H and O–H groups in total. The molecule has 2 heterocycles. The van der Waals surface area contributed by atoms with Gasteiger partial charge in [-0.25, -0.2) is 4.79 Å². The molecule has 1 aliphatic rings. The minimum atomic E-state index is -0.0663. The van der Waals surface area contributed by atoms with E-state index in [1.807, 2.05) is 30.0 Å². The number of likely N-dealkylation sites (N-methyl/N-ethyl adjacent to an activating group) is 1. The first-order valence-corrected chi connectivity index (χ1v) is 7.20. The molecule has 20 heavy (non-hydrogen) atoms. The largest absolute Gasteiger partial charge is 0.330 e. The van der Waals surface area contributed by atoms with Crippen molar-refractivity contribution in [3.63, 3.8) is 0 Å². The number of pyridine rings is 1. The first-order chi connectivity index (χ1) is 9.58. The molecule has 2 atom stereocenters. The molecule has 0 saturated carbocycles. The summed E-state index contributed by atoms with van der Waals surface area (Å²) in [6.07, 6.45) is 3.97. The summed E-state index contributed by atoms with van der Waals surface area (Å²) in [6, 6.07) is 6.15. The number of rotatable bonds is 3. The van der Waals surface area contributed by atoms with Crippen molar-refractivity contribution in [2.75, 3.05) is 27.2 Å². The highest BCUT2D eigenvalue weighted by Gasteiger charge is 2.25. The van der Waals surface area contributed by atoms with Crippen molar-refractivity contribution in [2.45, 2.75) is 31.8 Å². The lowest BCUT2D eigenvalue weighted by Crippen LogP contribution is -2.51. The van der Waals surface area contributed by atoms with E-state index in [9.17, 15) is 4.79 Å². The van der Waals surface area contributed by atoms with Crippen LogP contribution in [0.3, 0.4) is 0 Å². The van der Waals surface area contributed by atoms with Crippen molar-refractivity contribution in [1.82, 2.24) is 20.1 Å². The van der Waals surface area contributed by atoms with Crippen molar-refractivity contribution < 1.29 is 4.79 Å². The Morgan fingerprint density at radius 1 is 1.50 bits per heavy atom. The molecule has 0 unspecified atom stereocenters. The molecule has 0 spiro atoms. The zero-order valence-electron chi connectivity index (χ0n) is 12.5. The lowest BCUT2D eigenvalue weighted by atomic mass is 10.1. The number of urea groups is 1. The third-order valence-corrected chi connectivity index (χ3v) is 3.89. The Kier molecular flexibility index (Phi) is 4.95. The van der Waals surface area contributed by atoms with Crippen molar-refractivity contribution in [3.8, 4) is 0 Å². The second kappa shape index (κ2) is 6.70. The fraction of sp³-hybridized carbons (Fsp3) is 0.600. The summed E-state index contributed by atoms with van der Waals surface area (Å²) >= 11 is 0. The molecule has 5 heteroatoms. The van der Waals surface area contributed by atoms with Gasteiger partial charge in [0.05, 0.1) is 11.7 Å². The average Bonchev–Trinajstić information content (AvgIpc) is 2.48. The molecular weight excluding hydrogens is 252 g/mol. The van der Waals surface area contributed by atoms with Crippen LogP contribution in [-0.2, 0) is 0 Å². The quantitative estimate of drug-likeness (QED) is 0.917. The number of amides is 2. The topological polar surface area (TPSA) is 48.5 Å². The van der Waals surface area contributed by atoms with E-state index in [0.717, 1.165) is 31.6 Å². The maximum atomic E-state index is 12.3. The minimum absolute atomic E-state index is 0.00898. The summed E-state index contributed by atoms with van der Waals surface area (Å²) in [7, 11) is 4.14. The Morgan fingerprint density at radius 3 is 2.95 bits per heavy atom. The molecular formula is C15H24N4O. The van der Waals surface area contributed by atoms with Gasteiger partial charge in [-0.05, 0) is 46.0 Å². The molecule has 1 saturated heterocycles. The average molecular weight is 276 g/mol. The normalized spacial score (nSPS) is 20.8. The molecule has 1 aromatic heterocycles. The summed E-state index contributed by atoms with van der Waals surface area (Å²) < 4.78 is 0. The second-order valence-corrected chi connectivity index (χ2v) is 5.63. The van der Waals surface area contributed by atoms with Crippen LogP contribution in [-0.4, -0.2) is 54.0 Å². The highest BCUT2D eigenvalue weighted by atomic mass is 16.2. The van der Waals surface area contributed by atoms with Crippen LogP contribution < -0.4 is 5.32 Å². The first kappa shape index (κ1) is 14.8. The Morgan fingerprint density at radius 2 is 2.30 bits per heavy atom. The van der Waals surface area contributed by atoms with Gasteiger partial charge in [0.15, 0.2) is 0 Å². The van der Waals surface area contributed by atoms with Gasteiger partial charge in [-0.3, -0.25) is 4.98 Å². The minimum Gasteiger partial charge on any atom is -0.330 e. The number of nitrogens with one attached hydrogen (secondary N) is 1. The lowest BCUT2D eigenvalue weighted by Gasteiger charge is -2.36. The summed E-state index contributed by atoms with van der Waals surface area (Å²) in [5, 5.41) is 3.03. The molecule has 5 nitrogen and oxygen atoms in total. The molecule has 1 fully saturated rings. The number of nitrogens with zero attached hydrogens (tertiary/aromatic N) is 3. The maximum absolute atomic E-state index is 12.3. The van der Waals surface area contributed by atoms with Crippen LogP contribution in [0, 0.1) is 0 Å². The van der Waals surface area contributed by atoms with E-state index >= 15 is 0 Å². The lowest BCUT2D eigenvalue weighted by molar-refractivity contribution is 0.138. The van der Waals surface area contributed by atoms with E-state index in [0.29, 0.717) is 6.04 Å². The predicted octanol–water partition coefficient (Wildman–Crippen LogP) is 1.88. The van der Waals surface area contributed by atoms with E-state index in [2.05, 4.69) is 29.3 Å². The number of aromatic nitrogens is 1. The third kappa shape index (κ3) is 3.70. The smallest absolute Gasteiger partial charge is 0.317 e. The van der Waals surface area contributed by atoms with E-state index in [-0.39, 0.29) is 12.1 Å². The number of carbonyl (C=O) groups is 1. The first-order valence-electron chi connectivity index (χ1n) is 7.20. The summed E-state index contributed by atoms with van der Waals surface area (Å²) in [5.41, 5.74) is 0.891. The molecule has 110 valence electrons. The number of piperidine rings is 1. The highest BCUT2D eigenvalue weighted by Crippen LogP contribution is 2.15. The Balaban J connectivity index is 1.91. The van der Waals surface area contributed by atoms with Crippen molar-refractivity contribution in [2.24, 2.45) is 0 Å². The molecule has 0 bridgehead atoms. The van der Waals surface area contributed by atoms with E-state index in [4.69, 9.17) is 0 Å². The van der Waals surface area contributed by atoms with Gasteiger partial charge in [0.1, 0.15) is 0 Å². The number of likely N-dealkylation sites (tertiary alicyclic amines) is 1. The van der Waals surface area contributed by atoms with Gasteiger partial charge >= 0.3 is 6.03 Å².